The third-order valence-corrected chi connectivity index (χ3v) is 4.71. The van der Waals surface area contributed by atoms with Crippen molar-refractivity contribution in [3.8, 4) is 0 Å². The van der Waals surface area contributed by atoms with Gasteiger partial charge >= 0.3 is 0 Å². The molecule has 1 amide bonds. The van der Waals surface area contributed by atoms with Crippen LogP contribution in [0.4, 0.5) is 0 Å². The van der Waals surface area contributed by atoms with Crippen LogP contribution < -0.4 is 5.32 Å². The molecule has 0 radical (unpaired) electrons. The molecule has 0 aromatic rings. The van der Waals surface area contributed by atoms with Crippen molar-refractivity contribution in [2.45, 2.75) is 77.3 Å². The summed E-state index contributed by atoms with van der Waals surface area (Å²) in [5, 5.41) is 3.51. The topological polar surface area (TPSA) is 32.3 Å². The Balaban J connectivity index is 1.84. The molecule has 1 N–H and O–H groups in total. The maximum Gasteiger partial charge on any atom is 0.223 e. The predicted octanol–water partition coefficient (Wildman–Crippen LogP) is 2.95. The summed E-state index contributed by atoms with van der Waals surface area (Å²) < 4.78 is 0. The van der Waals surface area contributed by atoms with Crippen molar-refractivity contribution in [2.75, 3.05) is 13.1 Å². The van der Waals surface area contributed by atoms with Crippen molar-refractivity contribution >= 4 is 5.91 Å². The second-order valence-electron chi connectivity index (χ2n) is 6.64. The van der Waals surface area contributed by atoms with Gasteiger partial charge in [-0.1, -0.05) is 19.3 Å². The van der Waals surface area contributed by atoms with Gasteiger partial charge in [-0.2, -0.15) is 0 Å². The minimum atomic E-state index is 0.332. The molecule has 3 heteroatoms. The number of carbonyl (C=O) groups is 1. The Labute approximate surface area is 118 Å². The van der Waals surface area contributed by atoms with E-state index in [1.54, 1.807) is 0 Å². The average Bonchev–Trinajstić information content (AvgIpc) is 2.89. The fourth-order valence-electron chi connectivity index (χ4n) is 3.51. The molecule has 2 fully saturated rings. The van der Waals surface area contributed by atoms with Crippen LogP contribution in [0.2, 0.25) is 0 Å². The summed E-state index contributed by atoms with van der Waals surface area (Å²) in [4.78, 5) is 14.6. The van der Waals surface area contributed by atoms with Crippen LogP contribution in [-0.2, 0) is 4.79 Å². The molecule has 1 saturated carbocycles. The average molecular weight is 266 g/mol. The lowest BCUT2D eigenvalue weighted by atomic mass is 9.86. The van der Waals surface area contributed by atoms with Gasteiger partial charge in [-0.3, -0.25) is 4.79 Å². The summed E-state index contributed by atoms with van der Waals surface area (Å²) in [6, 6.07) is 0.858. The Morgan fingerprint density at radius 2 is 1.89 bits per heavy atom. The number of nitrogens with zero attached hydrogens (tertiary/aromatic N) is 1. The molecule has 110 valence electrons. The van der Waals surface area contributed by atoms with E-state index in [1.165, 1.54) is 44.9 Å². The van der Waals surface area contributed by atoms with Crippen LogP contribution in [0.3, 0.4) is 0 Å². The number of hydrogen-bond donors (Lipinski definition) is 1. The first-order chi connectivity index (χ1) is 9.16. The van der Waals surface area contributed by atoms with Gasteiger partial charge in [-0.25, -0.2) is 0 Å². The fourth-order valence-corrected chi connectivity index (χ4v) is 3.51. The van der Waals surface area contributed by atoms with E-state index in [4.69, 9.17) is 0 Å². The summed E-state index contributed by atoms with van der Waals surface area (Å²) in [6.07, 6.45) is 9.80. The van der Waals surface area contributed by atoms with Crippen molar-refractivity contribution in [3.05, 3.63) is 0 Å². The Bertz CT molecular complexity index is 278. The third-order valence-electron chi connectivity index (χ3n) is 4.71. The Kier molecular flexibility index (Phi) is 5.68. The van der Waals surface area contributed by atoms with Gasteiger partial charge in [0.25, 0.3) is 0 Å². The van der Waals surface area contributed by atoms with E-state index >= 15 is 0 Å². The van der Waals surface area contributed by atoms with Gasteiger partial charge < -0.3 is 10.2 Å². The maximum absolute atomic E-state index is 12.5. The first-order valence-electron chi connectivity index (χ1n) is 8.19. The zero-order valence-electron chi connectivity index (χ0n) is 12.7. The van der Waals surface area contributed by atoms with E-state index in [9.17, 15) is 4.79 Å². The molecule has 0 spiro atoms. The Morgan fingerprint density at radius 1 is 1.16 bits per heavy atom. The molecule has 1 aliphatic carbocycles. The summed E-state index contributed by atoms with van der Waals surface area (Å²) in [7, 11) is 0. The predicted molar refractivity (Wildman–Crippen MR) is 79.1 cm³/mol. The zero-order valence-corrected chi connectivity index (χ0v) is 12.7. The largest absolute Gasteiger partial charge is 0.339 e. The molecule has 0 aromatic heterocycles. The van der Waals surface area contributed by atoms with E-state index in [0.717, 1.165) is 19.5 Å². The highest BCUT2D eigenvalue weighted by molar-refractivity contribution is 5.76. The van der Waals surface area contributed by atoms with Crippen LogP contribution in [0.25, 0.3) is 0 Å². The fraction of sp³-hybridized carbons (Fsp3) is 0.938. The van der Waals surface area contributed by atoms with Crippen molar-refractivity contribution in [1.29, 1.82) is 0 Å². The van der Waals surface area contributed by atoms with Crippen molar-refractivity contribution < 1.29 is 4.79 Å². The zero-order chi connectivity index (χ0) is 13.7. The van der Waals surface area contributed by atoms with Crippen molar-refractivity contribution in [3.63, 3.8) is 0 Å². The maximum atomic E-state index is 12.5. The van der Waals surface area contributed by atoms with Gasteiger partial charge in [-0.05, 0) is 52.0 Å². The molecular weight excluding hydrogens is 236 g/mol. The van der Waals surface area contributed by atoms with Crippen molar-refractivity contribution in [1.82, 2.24) is 10.2 Å². The molecule has 1 heterocycles. The van der Waals surface area contributed by atoms with Crippen LogP contribution in [-0.4, -0.2) is 36.0 Å². The van der Waals surface area contributed by atoms with E-state index in [-0.39, 0.29) is 0 Å². The molecule has 2 rings (SSSR count). The van der Waals surface area contributed by atoms with Crippen LogP contribution in [0, 0.1) is 5.92 Å². The quantitative estimate of drug-likeness (QED) is 0.830. The number of rotatable bonds is 5. The van der Waals surface area contributed by atoms with Crippen LogP contribution in [0.15, 0.2) is 0 Å². The standard InChI is InChI=1S/C16H30N2O/c1-13(2)18(12-15-9-6-10-17-15)16(19)11-14-7-4-3-5-8-14/h13-15,17H,3-12H2,1-2H3. The highest BCUT2D eigenvalue weighted by Gasteiger charge is 2.26. The lowest BCUT2D eigenvalue weighted by Gasteiger charge is -2.31. The van der Waals surface area contributed by atoms with Gasteiger partial charge in [0.1, 0.15) is 0 Å². The SMILES string of the molecule is CC(C)N(CC1CCCN1)C(=O)CC1CCCCC1. The summed E-state index contributed by atoms with van der Waals surface area (Å²) in [5.41, 5.74) is 0. The molecule has 1 saturated heterocycles. The second kappa shape index (κ2) is 7.28. The summed E-state index contributed by atoms with van der Waals surface area (Å²) in [5.74, 6) is 1.04. The van der Waals surface area contributed by atoms with Crippen LogP contribution >= 0.6 is 0 Å². The van der Waals surface area contributed by atoms with Gasteiger partial charge in [0.2, 0.25) is 5.91 Å². The van der Waals surface area contributed by atoms with Crippen LogP contribution in [0.1, 0.15) is 65.2 Å². The highest BCUT2D eigenvalue weighted by atomic mass is 16.2. The number of hydrogen-bond acceptors (Lipinski definition) is 2. The lowest BCUT2D eigenvalue weighted by molar-refractivity contribution is -0.134. The molecule has 2 aliphatic rings. The Hall–Kier alpha value is -0.570. The molecule has 3 nitrogen and oxygen atoms in total. The lowest BCUT2D eigenvalue weighted by Crippen LogP contribution is -2.45. The molecule has 1 aliphatic heterocycles. The molecular formula is C16H30N2O. The van der Waals surface area contributed by atoms with Crippen LogP contribution in [0.5, 0.6) is 0 Å². The smallest absolute Gasteiger partial charge is 0.223 e. The van der Waals surface area contributed by atoms with Gasteiger partial charge in [0, 0.05) is 25.0 Å². The van der Waals surface area contributed by atoms with Gasteiger partial charge in [0.05, 0.1) is 0 Å². The second-order valence-corrected chi connectivity index (χ2v) is 6.64. The summed E-state index contributed by atoms with van der Waals surface area (Å²) in [6.45, 7) is 6.32. The number of nitrogens with one attached hydrogen (secondary N) is 1. The first kappa shape index (κ1) is 14.8. The van der Waals surface area contributed by atoms with Crippen molar-refractivity contribution in [2.24, 2.45) is 5.92 Å². The van der Waals surface area contributed by atoms with E-state index in [1.807, 2.05) is 0 Å². The Morgan fingerprint density at radius 3 is 2.47 bits per heavy atom. The molecule has 19 heavy (non-hydrogen) atoms. The van der Waals surface area contributed by atoms with Gasteiger partial charge in [0.15, 0.2) is 0 Å². The number of amides is 1. The number of carbonyl (C=O) groups excluding carboxylic acids is 1. The molecule has 0 bridgehead atoms. The normalized spacial score (nSPS) is 24.9. The third kappa shape index (κ3) is 4.48. The monoisotopic (exact) mass is 266 g/mol. The molecule has 0 aromatic carbocycles. The minimum Gasteiger partial charge on any atom is -0.339 e. The summed E-state index contributed by atoms with van der Waals surface area (Å²) >= 11 is 0. The van der Waals surface area contributed by atoms with E-state index in [2.05, 4.69) is 24.1 Å². The minimum absolute atomic E-state index is 0.332. The first-order valence-corrected chi connectivity index (χ1v) is 8.19. The molecule has 1 unspecified atom stereocenters. The van der Waals surface area contributed by atoms with E-state index < -0.39 is 0 Å². The van der Waals surface area contributed by atoms with Gasteiger partial charge in [-0.15, -0.1) is 0 Å². The molecule has 1 atom stereocenters. The van der Waals surface area contributed by atoms with E-state index in [0.29, 0.717) is 23.9 Å². The highest BCUT2D eigenvalue weighted by Crippen LogP contribution is 2.27.